The Balaban J connectivity index is 1.67. The molecule has 134 valence electrons. The number of aryl methyl sites for hydroxylation is 1. The minimum Gasteiger partial charge on any atom is -0.325 e. The molecule has 2 aromatic carbocycles. The molecular formula is C18H16F2N4OS. The highest BCUT2D eigenvalue weighted by Crippen LogP contribution is 2.23. The molecule has 0 aliphatic carbocycles. The number of hydrogen-bond donors (Lipinski definition) is 1. The highest BCUT2D eigenvalue weighted by Gasteiger charge is 2.14. The Morgan fingerprint density at radius 2 is 1.92 bits per heavy atom. The lowest BCUT2D eigenvalue weighted by Crippen LogP contribution is -2.15. The molecule has 0 saturated heterocycles. The molecule has 0 fully saturated rings. The lowest BCUT2D eigenvalue weighted by molar-refractivity contribution is -0.113. The van der Waals surface area contributed by atoms with Gasteiger partial charge in [0.05, 0.1) is 5.75 Å². The van der Waals surface area contributed by atoms with Crippen molar-refractivity contribution >= 4 is 23.4 Å². The number of thioether (sulfide) groups is 1. The van der Waals surface area contributed by atoms with Crippen molar-refractivity contribution in [1.82, 2.24) is 14.8 Å². The van der Waals surface area contributed by atoms with Crippen LogP contribution in [0.15, 0.2) is 47.6 Å². The molecule has 3 aromatic rings. The van der Waals surface area contributed by atoms with Gasteiger partial charge in [-0.25, -0.2) is 8.78 Å². The highest BCUT2D eigenvalue weighted by atomic mass is 32.2. The van der Waals surface area contributed by atoms with Crippen LogP contribution in [0.4, 0.5) is 14.5 Å². The van der Waals surface area contributed by atoms with E-state index in [9.17, 15) is 13.6 Å². The maximum atomic E-state index is 13.4. The smallest absolute Gasteiger partial charge is 0.234 e. The lowest BCUT2D eigenvalue weighted by Gasteiger charge is -2.08. The second-order valence-electron chi connectivity index (χ2n) is 5.67. The number of amides is 1. The first-order valence-electron chi connectivity index (χ1n) is 7.78. The lowest BCUT2D eigenvalue weighted by atomic mass is 10.2. The summed E-state index contributed by atoms with van der Waals surface area (Å²) in [5, 5.41) is 11.3. The van der Waals surface area contributed by atoms with E-state index in [1.165, 1.54) is 36.0 Å². The molecule has 0 bridgehead atoms. The third kappa shape index (κ3) is 4.08. The fourth-order valence-electron chi connectivity index (χ4n) is 2.36. The molecule has 0 aliphatic heterocycles. The van der Waals surface area contributed by atoms with Gasteiger partial charge in [-0.2, -0.15) is 0 Å². The van der Waals surface area contributed by atoms with Gasteiger partial charge in [-0.3, -0.25) is 4.79 Å². The summed E-state index contributed by atoms with van der Waals surface area (Å²) in [7, 11) is 1.75. The Bertz CT molecular complexity index is 958. The van der Waals surface area contributed by atoms with Crippen LogP contribution in [0.2, 0.25) is 0 Å². The standard InChI is InChI=1S/C18H16F2N4OS/c1-11-6-7-14(20)9-15(11)21-16(25)10-26-18-23-22-17(24(18)2)12-4-3-5-13(19)8-12/h3-9H,10H2,1-2H3,(H,21,25). The van der Waals surface area contributed by atoms with Gasteiger partial charge in [0.2, 0.25) is 5.91 Å². The summed E-state index contributed by atoms with van der Waals surface area (Å²) in [6.45, 7) is 1.79. The molecule has 0 atom stereocenters. The van der Waals surface area contributed by atoms with E-state index in [-0.39, 0.29) is 17.5 Å². The van der Waals surface area contributed by atoms with Crippen LogP contribution in [-0.2, 0) is 11.8 Å². The van der Waals surface area contributed by atoms with E-state index in [0.29, 0.717) is 22.2 Å². The summed E-state index contributed by atoms with van der Waals surface area (Å²) >= 11 is 1.19. The largest absolute Gasteiger partial charge is 0.325 e. The third-order valence-electron chi connectivity index (χ3n) is 3.72. The first-order chi connectivity index (χ1) is 12.4. The van der Waals surface area contributed by atoms with Crippen LogP contribution in [0.3, 0.4) is 0 Å². The fraction of sp³-hybridized carbons (Fsp3) is 0.167. The van der Waals surface area contributed by atoms with Gasteiger partial charge in [0.25, 0.3) is 0 Å². The zero-order valence-corrected chi connectivity index (χ0v) is 15.0. The number of anilines is 1. The first-order valence-corrected chi connectivity index (χ1v) is 8.77. The number of nitrogens with one attached hydrogen (secondary N) is 1. The molecule has 1 heterocycles. The van der Waals surface area contributed by atoms with E-state index in [2.05, 4.69) is 15.5 Å². The summed E-state index contributed by atoms with van der Waals surface area (Å²) in [6, 6.07) is 10.3. The van der Waals surface area contributed by atoms with Crippen molar-refractivity contribution in [2.75, 3.05) is 11.1 Å². The Morgan fingerprint density at radius 1 is 1.15 bits per heavy atom. The topological polar surface area (TPSA) is 59.8 Å². The van der Waals surface area contributed by atoms with Gasteiger partial charge >= 0.3 is 0 Å². The van der Waals surface area contributed by atoms with Crippen molar-refractivity contribution in [3.05, 3.63) is 59.7 Å². The molecule has 26 heavy (non-hydrogen) atoms. The number of nitrogens with zero attached hydrogens (tertiary/aromatic N) is 3. The second-order valence-corrected chi connectivity index (χ2v) is 6.61. The van der Waals surface area contributed by atoms with Crippen molar-refractivity contribution in [2.45, 2.75) is 12.1 Å². The molecule has 1 N–H and O–H groups in total. The average molecular weight is 374 g/mol. The monoisotopic (exact) mass is 374 g/mol. The zero-order valence-electron chi connectivity index (χ0n) is 14.2. The van der Waals surface area contributed by atoms with Gasteiger partial charge in [0.1, 0.15) is 11.6 Å². The highest BCUT2D eigenvalue weighted by molar-refractivity contribution is 7.99. The molecule has 0 saturated carbocycles. The maximum Gasteiger partial charge on any atom is 0.234 e. The van der Waals surface area contributed by atoms with Crippen LogP contribution in [-0.4, -0.2) is 26.4 Å². The minimum atomic E-state index is -0.411. The number of halogens is 2. The molecular weight excluding hydrogens is 358 g/mol. The normalized spacial score (nSPS) is 10.8. The van der Waals surface area contributed by atoms with Gasteiger partial charge in [-0.1, -0.05) is 30.0 Å². The minimum absolute atomic E-state index is 0.0884. The number of hydrogen-bond acceptors (Lipinski definition) is 4. The summed E-state index contributed by atoms with van der Waals surface area (Å²) < 4.78 is 28.4. The van der Waals surface area contributed by atoms with Crippen LogP contribution in [0.1, 0.15) is 5.56 Å². The number of carbonyl (C=O) groups is 1. The number of benzene rings is 2. The number of rotatable bonds is 5. The molecule has 1 amide bonds. The van der Waals surface area contributed by atoms with Crippen LogP contribution in [0.25, 0.3) is 11.4 Å². The van der Waals surface area contributed by atoms with Gasteiger partial charge < -0.3 is 9.88 Å². The van der Waals surface area contributed by atoms with Crippen molar-refractivity contribution in [3.8, 4) is 11.4 Å². The quantitative estimate of drug-likeness (QED) is 0.690. The molecule has 0 aliphatic rings. The number of carbonyl (C=O) groups excluding carboxylic acids is 1. The maximum absolute atomic E-state index is 13.4. The number of aromatic nitrogens is 3. The van der Waals surface area contributed by atoms with E-state index in [4.69, 9.17) is 0 Å². The van der Waals surface area contributed by atoms with Crippen LogP contribution < -0.4 is 5.32 Å². The van der Waals surface area contributed by atoms with Crippen molar-refractivity contribution in [2.24, 2.45) is 7.05 Å². The van der Waals surface area contributed by atoms with E-state index >= 15 is 0 Å². The van der Waals surface area contributed by atoms with Crippen molar-refractivity contribution in [1.29, 1.82) is 0 Å². The fourth-order valence-corrected chi connectivity index (χ4v) is 3.08. The first kappa shape index (κ1) is 18.1. The Kier molecular flexibility index (Phi) is 5.32. The SMILES string of the molecule is Cc1ccc(F)cc1NC(=O)CSc1nnc(-c2cccc(F)c2)n1C. The summed E-state index contributed by atoms with van der Waals surface area (Å²) in [4.78, 5) is 12.1. The van der Waals surface area contributed by atoms with Crippen molar-refractivity contribution < 1.29 is 13.6 Å². The van der Waals surface area contributed by atoms with E-state index in [1.807, 2.05) is 0 Å². The van der Waals surface area contributed by atoms with Crippen LogP contribution in [0.5, 0.6) is 0 Å². The van der Waals surface area contributed by atoms with Gasteiger partial charge in [-0.05, 0) is 36.8 Å². The van der Waals surface area contributed by atoms with E-state index < -0.39 is 5.82 Å². The molecule has 3 rings (SSSR count). The molecule has 0 spiro atoms. The summed E-state index contributed by atoms with van der Waals surface area (Å²) in [5.74, 6) is -0.450. The third-order valence-corrected chi connectivity index (χ3v) is 4.74. The molecule has 0 radical (unpaired) electrons. The van der Waals surface area contributed by atoms with E-state index in [0.717, 1.165) is 5.56 Å². The van der Waals surface area contributed by atoms with Gasteiger partial charge in [0.15, 0.2) is 11.0 Å². The van der Waals surface area contributed by atoms with Crippen molar-refractivity contribution in [3.63, 3.8) is 0 Å². The molecule has 0 unspecified atom stereocenters. The Hall–Kier alpha value is -2.74. The molecule has 8 heteroatoms. The Labute approximate surface area is 153 Å². The molecule has 5 nitrogen and oxygen atoms in total. The average Bonchev–Trinajstić information content (AvgIpc) is 2.97. The van der Waals surface area contributed by atoms with Crippen LogP contribution >= 0.6 is 11.8 Å². The summed E-state index contributed by atoms with van der Waals surface area (Å²) in [6.07, 6.45) is 0. The molecule has 1 aromatic heterocycles. The second kappa shape index (κ2) is 7.65. The van der Waals surface area contributed by atoms with Gasteiger partial charge in [0, 0.05) is 18.3 Å². The zero-order chi connectivity index (χ0) is 18.7. The van der Waals surface area contributed by atoms with E-state index in [1.54, 1.807) is 36.7 Å². The van der Waals surface area contributed by atoms with Crippen LogP contribution in [0, 0.1) is 18.6 Å². The van der Waals surface area contributed by atoms with Gasteiger partial charge in [-0.15, -0.1) is 10.2 Å². The predicted molar refractivity (Wildman–Crippen MR) is 96.9 cm³/mol. The summed E-state index contributed by atoms with van der Waals surface area (Å²) in [5.41, 5.74) is 1.82. The Morgan fingerprint density at radius 3 is 2.69 bits per heavy atom. The predicted octanol–water partition coefficient (Wildman–Crippen LogP) is 3.80.